The Labute approximate surface area is 157 Å². The summed E-state index contributed by atoms with van der Waals surface area (Å²) < 4.78 is 15.7. The van der Waals surface area contributed by atoms with Crippen molar-refractivity contribution in [3.8, 4) is 22.9 Å². The van der Waals surface area contributed by atoms with Gasteiger partial charge in [-0.3, -0.25) is 4.79 Å². The average molecular weight is 383 g/mol. The van der Waals surface area contributed by atoms with Crippen LogP contribution in [-0.4, -0.2) is 54.8 Å². The van der Waals surface area contributed by atoms with Crippen LogP contribution in [0, 0.1) is 0 Å². The number of hydrogen-bond acceptors (Lipinski definition) is 7. The molecule has 0 radical (unpaired) electrons. The number of likely N-dealkylation sites (N-methyl/N-ethyl adjacent to an activating group) is 1. The zero-order chi connectivity index (χ0) is 19.3. The molecule has 26 heavy (non-hydrogen) atoms. The second-order valence-electron chi connectivity index (χ2n) is 5.79. The van der Waals surface area contributed by atoms with E-state index in [1.54, 1.807) is 24.1 Å². The van der Waals surface area contributed by atoms with Crippen LogP contribution in [0.1, 0.15) is 19.2 Å². The van der Waals surface area contributed by atoms with Gasteiger partial charge in [0.25, 0.3) is 0 Å². The van der Waals surface area contributed by atoms with Crippen molar-refractivity contribution in [1.29, 1.82) is 0 Å². The Bertz CT molecular complexity index is 765. The van der Waals surface area contributed by atoms with E-state index in [1.807, 2.05) is 6.92 Å². The number of benzene rings is 1. The van der Waals surface area contributed by atoms with Gasteiger partial charge in [0.05, 0.1) is 19.2 Å². The molecule has 1 aromatic heterocycles. The molecule has 1 unspecified atom stereocenters. The van der Waals surface area contributed by atoms with Crippen LogP contribution in [0.5, 0.6) is 11.5 Å². The fourth-order valence-corrected chi connectivity index (χ4v) is 2.60. The highest BCUT2D eigenvalue weighted by Crippen LogP contribution is 2.38. The summed E-state index contributed by atoms with van der Waals surface area (Å²) in [5, 5.41) is 4.32. The van der Waals surface area contributed by atoms with Crippen LogP contribution in [0.4, 0.5) is 0 Å². The van der Waals surface area contributed by atoms with Crippen molar-refractivity contribution < 1.29 is 18.8 Å². The van der Waals surface area contributed by atoms with Crippen LogP contribution in [0.3, 0.4) is 0 Å². The van der Waals surface area contributed by atoms with Gasteiger partial charge in [-0.15, -0.1) is 0 Å². The van der Waals surface area contributed by atoms with Crippen LogP contribution < -0.4 is 15.2 Å². The van der Waals surface area contributed by atoms with Gasteiger partial charge in [0.2, 0.25) is 17.6 Å². The predicted octanol–water partition coefficient (Wildman–Crippen LogP) is 2.15. The molecule has 0 aliphatic carbocycles. The SMILES string of the molecule is COc1cc(-c2noc(CCC(=O)N(C)C(C)CN)n2)cc(Cl)c1OC. The van der Waals surface area contributed by atoms with Crippen molar-refractivity contribution in [3.05, 3.63) is 23.0 Å². The second-order valence-corrected chi connectivity index (χ2v) is 6.20. The number of ether oxygens (including phenoxy) is 2. The molecule has 8 nitrogen and oxygen atoms in total. The van der Waals surface area contributed by atoms with E-state index in [0.717, 1.165) is 0 Å². The number of nitrogens with zero attached hydrogens (tertiary/aromatic N) is 3. The van der Waals surface area contributed by atoms with Crippen LogP contribution in [-0.2, 0) is 11.2 Å². The standard InChI is InChI=1S/C17H23ClN4O4/c1-10(9-19)22(2)15(23)6-5-14-20-17(21-26-14)11-7-12(18)16(25-4)13(8-11)24-3/h7-8,10H,5-6,9,19H2,1-4H3. The van der Waals surface area contributed by atoms with E-state index in [9.17, 15) is 4.79 Å². The van der Waals surface area contributed by atoms with Crippen molar-refractivity contribution in [2.75, 3.05) is 27.8 Å². The molecule has 1 amide bonds. The van der Waals surface area contributed by atoms with Gasteiger partial charge in [-0.25, -0.2) is 0 Å². The average Bonchev–Trinajstić information content (AvgIpc) is 3.13. The Morgan fingerprint density at radius 1 is 1.38 bits per heavy atom. The fourth-order valence-electron chi connectivity index (χ4n) is 2.31. The minimum atomic E-state index is -0.0307. The molecule has 2 N–H and O–H groups in total. The van der Waals surface area contributed by atoms with E-state index < -0.39 is 0 Å². The normalized spacial score (nSPS) is 11.9. The summed E-state index contributed by atoms with van der Waals surface area (Å²) in [4.78, 5) is 18.1. The van der Waals surface area contributed by atoms with E-state index in [1.165, 1.54) is 14.2 Å². The third kappa shape index (κ3) is 4.44. The van der Waals surface area contributed by atoms with E-state index in [0.29, 0.717) is 46.8 Å². The number of carbonyl (C=O) groups is 1. The lowest BCUT2D eigenvalue weighted by atomic mass is 10.2. The van der Waals surface area contributed by atoms with Gasteiger partial charge in [0.1, 0.15) is 0 Å². The van der Waals surface area contributed by atoms with Crippen molar-refractivity contribution >= 4 is 17.5 Å². The molecule has 0 aliphatic heterocycles. The molecule has 1 heterocycles. The number of carbonyl (C=O) groups excluding carboxylic acids is 1. The molecule has 0 bridgehead atoms. The highest BCUT2D eigenvalue weighted by atomic mass is 35.5. The maximum Gasteiger partial charge on any atom is 0.227 e. The highest BCUT2D eigenvalue weighted by molar-refractivity contribution is 6.32. The van der Waals surface area contributed by atoms with E-state index in [2.05, 4.69) is 10.1 Å². The Hall–Kier alpha value is -2.32. The summed E-state index contributed by atoms with van der Waals surface area (Å²) >= 11 is 6.20. The number of halogens is 1. The van der Waals surface area contributed by atoms with Crippen LogP contribution in [0.15, 0.2) is 16.7 Å². The molecule has 0 spiro atoms. The molecule has 2 aromatic rings. The van der Waals surface area contributed by atoms with Crippen molar-refractivity contribution in [2.24, 2.45) is 5.73 Å². The van der Waals surface area contributed by atoms with Crippen LogP contribution in [0.2, 0.25) is 5.02 Å². The summed E-state index contributed by atoms with van der Waals surface area (Å²) in [5.74, 6) is 1.60. The molecule has 0 saturated carbocycles. The number of hydrogen-bond donors (Lipinski definition) is 1. The number of methoxy groups -OCH3 is 2. The van der Waals surface area contributed by atoms with E-state index >= 15 is 0 Å². The maximum absolute atomic E-state index is 12.1. The van der Waals surface area contributed by atoms with Crippen LogP contribution >= 0.6 is 11.6 Å². The first-order chi connectivity index (χ1) is 12.4. The third-order valence-electron chi connectivity index (χ3n) is 4.11. The molecular formula is C17H23ClN4O4. The second kappa shape index (κ2) is 8.86. The third-order valence-corrected chi connectivity index (χ3v) is 4.39. The first-order valence-electron chi connectivity index (χ1n) is 8.11. The first kappa shape index (κ1) is 20.0. The number of aryl methyl sites for hydroxylation is 1. The van der Waals surface area contributed by atoms with E-state index in [-0.39, 0.29) is 18.4 Å². The number of amides is 1. The minimum absolute atomic E-state index is 0.0188. The van der Waals surface area contributed by atoms with Crippen molar-refractivity contribution in [3.63, 3.8) is 0 Å². The predicted molar refractivity (Wildman–Crippen MR) is 97.5 cm³/mol. The number of nitrogens with two attached hydrogens (primary N) is 1. The zero-order valence-electron chi connectivity index (χ0n) is 15.3. The quantitative estimate of drug-likeness (QED) is 0.745. The fraction of sp³-hybridized carbons (Fsp3) is 0.471. The van der Waals surface area contributed by atoms with Gasteiger partial charge in [0, 0.05) is 38.0 Å². The molecule has 142 valence electrons. The summed E-state index contributed by atoms with van der Waals surface area (Å²) in [6.07, 6.45) is 0.601. The molecule has 0 fully saturated rings. The maximum atomic E-state index is 12.1. The van der Waals surface area contributed by atoms with Gasteiger partial charge in [-0.2, -0.15) is 4.98 Å². The number of rotatable bonds is 8. The molecule has 2 rings (SSSR count). The van der Waals surface area contributed by atoms with Crippen LogP contribution in [0.25, 0.3) is 11.4 Å². The smallest absolute Gasteiger partial charge is 0.227 e. The first-order valence-corrected chi connectivity index (χ1v) is 8.49. The summed E-state index contributed by atoms with van der Waals surface area (Å²) in [5.41, 5.74) is 6.21. The largest absolute Gasteiger partial charge is 0.493 e. The minimum Gasteiger partial charge on any atom is -0.493 e. The Morgan fingerprint density at radius 3 is 2.73 bits per heavy atom. The monoisotopic (exact) mass is 382 g/mol. The lowest BCUT2D eigenvalue weighted by molar-refractivity contribution is -0.131. The summed E-state index contributed by atoms with van der Waals surface area (Å²) in [6.45, 7) is 2.30. The summed E-state index contributed by atoms with van der Waals surface area (Å²) in [6, 6.07) is 3.36. The molecule has 1 atom stereocenters. The lowest BCUT2D eigenvalue weighted by Gasteiger charge is -2.23. The van der Waals surface area contributed by atoms with Crippen molar-refractivity contribution in [1.82, 2.24) is 15.0 Å². The van der Waals surface area contributed by atoms with Gasteiger partial charge in [-0.05, 0) is 19.1 Å². The van der Waals surface area contributed by atoms with E-state index in [4.69, 9.17) is 31.3 Å². The topological polar surface area (TPSA) is 104 Å². The molecule has 0 saturated heterocycles. The summed E-state index contributed by atoms with van der Waals surface area (Å²) in [7, 11) is 4.75. The zero-order valence-corrected chi connectivity index (χ0v) is 16.0. The van der Waals surface area contributed by atoms with Gasteiger partial charge >= 0.3 is 0 Å². The highest BCUT2D eigenvalue weighted by Gasteiger charge is 2.18. The lowest BCUT2D eigenvalue weighted by Crippen LogP contribution is -2.39. The molecule has 9 heteroatoms. The Balaban J connectivity index is 2.11. The molecule has 1 aromatic carbocycles. The Morgan fingerprint density at radius 2 is 2.12 bits per heavy atom. The van der Waals surface area contributed by atoms with Gasteiger partial charge in [-0.1, -0.05) is 16.8 Å². The van der Waals surface area contributed by atoms with Gasteiger partial charge < -0.3 is 24.6 Å². The molecular weight excluding hydrogens is 360 g/mol. The number of aromatic nitrogens is 2. The Kier molecular flexibility index (Phi) is 6.82. The molecule has 0 aliphatic rings. The van der Waals surface area contributed by atoms with Crippen molar-refractivity contribution in [2.45, 2.75) is 25.8 Å². The van der Waals surface area contributed by atoms with Gasteiger partial charge in [0.15, 0.2) is 11.5 Å².